The molecule has 0 spiro atoms. The molecule has 4 heterocycles. The molecule has 0 radical (unpaired) electrons. The molecule has 0 aliphatic carbocycles. The van der Waals surface area contributed by atoms with Crippen molar-refractivity contribution in [2.45, 2.75) is 26.0 Å². The van der Waals surface area contributed by atoms with Crippen molar-refractivity contribution in [3.8, 4) is 0 Å². The van der Waals surface area contributed by atoms with Crippen LogP contribution < -0.4 is 11.3 Å². The predicted octanol–water partition coefficient (Wildman–Crippen LogP) is 4.91. The molecule has 1 N–H and O–H groups in total. The van der Waals surface area contributed by atoms with Crippen LogP contribution in [0.15, 0.2) is 54.8 Å². The molecular formula is C22H22FNO4S. The minimum atomic E-state index is -0.284. The SMILES string of the molecule is CF.Cc1cc(=O)oc2c1CSCC2.Cc1cc2c(=O)oc3ccccc3c2[nH]1. The molecule has 1 aromatic carbocycles. The van der Waals surface area contributed by atoms with Gasteiger partial charge in [-0.05, 0) is 37.6 Å². The number of aromatic nitrogens is 1. The van der Waals surface area contributed by atoms with E-state index in [-0.39, 0.29) is 11.3 Å². The molecule has 1 aliphatic rings. The summed E-state index contributed by atoms with van der Waals surface area (Å²) in [7, 11) is 0.500. The van der Waals surface area contributed by atoms with Gasteiger partial charge in [0.15, 0.2) is 0 Å². The molecule has 3 aromatic heterocycles. The predicted molar refractivity (Wildman–Crippen MR) is 116 cm³/mol. The quantitative estimate of drug-likeness (QED) is 0.413. The summed E-state index contributed by atoms with van der Waals surface area (Å²) in [6, 6.07) is 10.9. The summed E-state index contributed by atoms with van der Waals surface area (Å²) in [5.41, 5.74) is 4.26. The van der Waals surface area contributed by atoms with Crippen LogP contribution in [0.5, 0.6) is 0 Å². The topological polar surface area (TPSA) is 76.2 Å². The summed E-state index contributed by atoms with van der Waals surface area (Å²) in [6.07, 6.45) is 0.900. The minimum Gasteiger partial charge on any atom is -0.428 e. The Hall–Kier alpha value is -2.80. The van der Waals surface area contributed by atoms with E-state index >= 15 is 0 Å². The number of hydrogen-bond acceptors (Lipinski definition) is 5. The van der Waals surface area contributed by atoms with Crippen LogP contribution in [0.1, 0.15) is 22.6 Å². The third-order valence-corrected chi connectivity index (χ3v) is 5.61. The van der Waals surface area contributed by atoms with E-state index in [0.717, 1.165) is 45.8 Å². The first kappa shape index (κ1) is 20.9. The van der Waals surface area contributed by atoms with Crippen LogP contribution in [0.3, 0.4) is 0 Å². The van der Waals surface area contributed by atoms with Gasteiger partial charge in [0, 0.05) is 40.6 Å². The minimum absolute atomic E-state index is 0.210. The summed E-state index contributed by atoms with van der Waals surface area (Å²) < 4.78 is 19.8. The van der Waals surface area contributed by atoms with Crippen LogP contribution in [-0.2, 0) is 12.2 Å². The van der Waals surface area contributed by atoms with Gasteiger partial charge in [0.05, 0.1) is 18.1 Å². The van der Waals surface area contributed by atoms with Crippen molar-refractivity contribution in [1.29, 1.82) is 0 Å². The molecule has 5 nitrogen and oxygen atoms in total. The second-order valence-electron chi connectivity index (χ2n) is 6.58. The van der Waals surface area contributed by atoms with Crippen molar-refractivity contribution in [2.75, 3.05) is 12.9 Å². The number of aromatic amines is 1. The molecule has 0 saturated carbocycles. The molecule has 0 saturated heterocycles. The number of para-hydroxylation sites is 1. The Morgan fingerprint density at radius 2 is 1.79 bits per heavy atom. The molecule has 0 fully saturated rings. The number of halogens is 1. The fourth-order valence-electron chi connectivity index (χ4n) is 3.31. The molecule has 1 aliphatic heterocycles. The average molecular weight is 415 g/mol. The van der Waals surface area contributed by atoms with Gasteiger partial charge in [-0.2, -0.15) is 11.8 Å². The highest BCUT2D eigenvalue weighted by Crippen LogP contribution is 2.25. The maximum atomic E-state index is 11.6. The van der Waals surface area contributed by atoms with Crippen molar-refractivity contribution < 1.29 is 13.2 Å². The third kappa shape index (κ3) is 4.45. The van der Waals surface area contributed by atoms with Crippen molar-refractivity contribution >= 4 is 33.6 Å². The van der Waals surface area contributed by atoms with Gasteiger partial charge in [0.1, 0.15) is 11.3 Å². The van der Waals surface area contributed by atoms with Crippen LogP contribution in [-0.4, -0.2) is 17.9 Å². The third-order valence-electron chi connectivity index (χ3n) is 4.62. The highest BCUT2D eigenvalue weighted by atomic mass is 32.2. The van der Waals surface area contributed by atoms with Crippen LogP contribution in [0, 0.1) is 13.8 Å². The fourth-order valence-corrected chi connectivity index (χ4v) is 4.38. The lowest BCUT2D eigenvalue weighted by Gasteiger charge is -2.14. The Morgan fingerprint density at radius 3 is 2.59 bits per heavy atom. The monoisotopic (exact) mass is 415 g/mol. The Labute approximate surface area is 170 Å². The summed E-state index contributed by atoms with van der Waals surface area (Å²) >= 11 is 1.90. The number of fused-ring (bicyclic) bond motifs is 4. The molecule has 0 bridgehead atoms. The van der Waals surface area contributed by atoms with E-state index in [9.17, 15) is 14.0 Å². The van der Waals surface area contributed by atoms with Gasteiger partial charge in [-0.25, -0.2) is 9.59 Å². The fraction of sp³-hybridized carbons (Fsp3) is 0.273. The van der Waals surface area contributed by atoms with E-state index in [2.05, 4.69) is 4.98 Å². The average Bonchev–Trinajstić information content (AvgIpc) is 3.13. The highest BCUT2D eigenvalue weighted by molar-refractivity contribution is 7.98. The normalized spacial score (nSPS) is 12.6. The van der Waals surface area contributed by atoms with E-state index < -0.39 is 0 Å². The van der Waals surface area contributed by atoms with Gasteiger partial charge in [-0.1, -0.05) is 12.1 Å². The summed E-state index contributed by atoms with van der Waals surface area (Å²) in [6.45, 7) is 3.90. The largest absolute Gasteiger partial charge is 0.428 e. The number of rotatable bonds is 0. The first-order valence-electron chi connectivity index (χ1n) is 9.12. The van der Waals surface area contributed by atoms with Crippen LogP contribution in [0.4, 0.5) is 4.39 Å². The zero-order chi connectivity index (χ0) is 21.0. The number of H-pyrrole nitrogens is 1. The van der Waals surface area contributed by atoms with Gasteiger partial charge < -0.3 is 13.8 Å². The molecule has 0 atom stereocenters. The molecule has 29 heavy (non-hydrogen) atoms. The number of alkyl halides is 1. The number of thioether (sulfide) groups is 1. The molecule has 0 amide bonds. The lowest BCUT2D eigenvalue weighted by Crippen LogP contribution is -2.10. The maximum Gasteiger partial charge on any atom is 0.345 e. The van der Waals surface area contributed by atoms with Gasteiger partial charge in [-0.15, -0.1) is 0 Å². The van der Waals surface area contributed by atoms with E-state index in [1.165, 1.54) is 5.56 Å². The molecule has 7 heteroatoms. The van der Waals surface area contributed by atoms with Gasteiger partial charge in [0.2, 0.25) is 0 Å². The zero-order valence-electron chi connectivity index (χ0n) is 16.5. The maximum absolute atomic E-state index is 11.6. The van der Waals surface area contributed by atoms with Crippen LogP contribution in [0.25, 0.3) is 21.9 Å². The second-order valence-corrected chi connectivity index (χ2v) is 7.68. The van der Waals surface area contributed by atoms with E-state index in [4.69, 9.17) is 8.83 Å². The van der Waals surface area contributed by atoms with Gasteiger partial charge >= 0.3 is 11.3 Å². The van der Waals surface area contributed by atoms with Crippen molar-refractivity contribution in [3.63, 3.8) is 0 Å². The summed E-state index contributed by atoms with van der Waals surface area (Å²) in [5, 5.41) is 1.56. The Kier molecular flexibility index (Phi) is 6.59. The zero-order valence-corrected chi connectivity index (χ0v) is 17.3. The molecule has 5 rings (SSSR count). The highest BCUT2D eigenvalue weighted by Gasteiger charge is 2.14. The molecule has 152 valence electrons. The first-order valence-corrected chi connectivity index (χ1v) is 10.3. The van der Waals surface area contributed by atoms with Crippen molar-refractivity contribution in [1.82, 2.24) is 4.98 Å². The van der Waals surface area contributed by atoms with Crippen LogP contribution in [0.2, 0.25) is 0 Å². The van der Waals surface area contributed by atoms with Crippen molar-refractivity contribution in [3.05, 3.63) is 79.8 Å². The first-order chi connectivity index (χ1) is 14.0. The van der Waals surface area contributed by atoms with E-state index in [0.29, 0.717) is 18.1 Å². The number of benzene rings is 1. The summed E-state index contributed by atoms with van der Waals surface area (Å²) in [4.78, 5) is 25.8. The molecular weight excluding hydrogens is 393 g/mol. The summed E-state index contributed by atoms with van der Waals surface area (Å²) in [5.74, 6) is 2.96. The van der Waals surface area contributed by atoms with Crippen molar-refractivity contribution in [2.24, 2.45) is 0 Å². The Balaban J connectivity index is 0.000000156. The smallest absolute Gasteiger partial charge is 0.345 e. The number of hydrogen-bond donors (Lipinski definition) is 1. The van der Waals surface area contributed by atoms with E-state index in [1.54, 1.807) is 12.1 Å². The van der Waals surface area contributed by atoms with Gasteiger partial charge in [0.25, 0.3) is 0 Å². The van der Waals surface area contributed by atoms with Crippen LogP contribution >= 0.6 is 11.8 Å². The lowest BCUT2D eigenvalue weighted by molar-refractivity contribution is 0.457. The second kappa shape index (κ2) is 9.13. The van der Waals surface area contributed by atoms with E-state index in [1.807, 2.05) is 49.9 Å². The molecule has 0 unspecified atom stereocenters. The standard InChI is InChI=1S/C12H9NO2.C9H10O2S.CH3F/c1-7-6-9-11(13-7)8-4-2-3-5-10(8)15-12(9)14;1-6-4-9(10)11-8-2-3-12-5-7(6)8;1-2/h2-6,13H,1H3;4H,2-3,5H2,1H3;1H3. The Bertz CT molecular complexity index is 1260. The lowest BCUT2D eigenvalue weighted by atomic mass is 10.1. The number of nitrogens with one attached hydrogen (secondary N) is 1. The number of aryl methyl sites for hydroxylation is 3. The molecule has 4 aromatic rings. The Morgan fingerprint density at radius 1 is 1.03 bits per heavy atom. The van der Waals surface area contributed by atoms with Gasteiger partial charge in [-0.3, -0.25) is 4.39 Å².